The van der Waals surface area contributed by atoms with Crippen LogP contribution in [0.15, 0.2) is 52.9 Å². The predicted molar refractivity (Wildman–Crippen MR) is 108 cm³/mol. The molecule has 0 fully saturated rings. The second-order valence-corrected chi connectivity index (χ2v) is 6.33. The molecule has 29 heavy (non-hydrogen) atoms. The number of amides is 1. The number of para-hydroxylation sites is 1. The fourth-order valence-electron chi connectivity index (χ4n) is 2.86. The van der Waals surface area contributed by atoms with Gasteiger partial charge in [0.1, 0.15) is 11.3 Å². The Kier molecular flexibility index (Phi) is 6.51. The molecule has 1 atom stereocenters. The molecule has 0 saturated carbocycles. The van der Waals surface area contributed by atoms with Crippen molar-refractivity contribution in [1.29, 1.82) is 0 Å². The average Bonchev–Trinajstić information content (AvgIpc) is 3.09. The Morgan fingerprint density at radius 1 is 1.10 bits per heavy atom. The van der Waals surface area contributed by atoms with Crippen molar-refractivity contribution in [3.8, 4) is 5.75 Å². The Labute approximate surface area is 168 Å². The Morgan fingerprint density at radius 3 is 2.52 bits per heavy atom. The third-order valence-corrected chi connectivity index (χ3v) is 4.26. The lowest BCUT2D eigenvalue weighted by Gasteiger charge is -2.13. The summed E-state index contributed by atoms with van der Waals surface area (Å²) in [4.78, 5) is 25.0. The summed E-state index contributed by atoms with van der Waals surface area (Å²) in [7, 11) is 1.53. The highest BCUT2D eigenvalue weighted by atomic mass is 16.6. The van der Waals surface area contributed by atoms with Gasteiger partial charge in [-0.2, -0.15) is 0 Å². The van der Waals surface area contributed by atoms with E-state index in [1.165, 1.54) is 14.0 Å². The normalized spacial score (nSPS) is 11.8. The number of hydrogen-bond donors (Lipinski definition) is 1. The van der Waals surface area contributed by atoms with Gasteiger partial charge in [0.2, 0.25) is 5.76 Å². The molecule has 0 radical (unpaired) electrons. The Hall–Kier alpha value is -3.32. The van der Waals surface area contributed by atoms with Crippen LogP contribution in [-0.2, 0) is 20.9 Å². The molecule has 7 heteroatoms. The Balaban J connectivity index is 1.69. The van der Waals surface area contributed by atoms with Crippen molar-refractivity contribution >= 4 is 28.5 Å². The maximum absolute atomic E-state index is 12.6. The van der Waals surface area contributed by atoms with Crippen LogP contribution in [0.3, 0.4) is 0 Å². The quantitative estimate of drug-likeness (QED) is 0.574. The zero-order valence-electron chi connectivity index (χ0n) is 16.6. The molecule has 0 aliphatic carbocycles. The van der Waals surface area contributed by atoms with Gasteiger partial charge < -0.3 is 23.9 Å². The number of benzene rings is 2. The number of fused-ring (bicyclic) bond motifs is 1. The lowest BCUT2D eigenvalue weighted by atomic mass is 10.1. The van der Waals surface area contributed by atoms with E-state index in [-0.39, 0.29) is 12.4 Å². The number of carbonyl (C=O) groups excluding carboxylic acids is 2. The van der Waals surface area contributed by atoms with Gasteiger partial charge in [-0.05, 0) is 44.2 Å². The van der Waals surface area contributed by atoms with Crippen LogP contribution in [0.5, 0.6) is 5.75 Å². The van der Waals surface area contributed by atoms with E-state index in [9.17, 15) is 9.59 Å². The molecule has 7 nitrogen and oxygen atoms in total. The molecular formula is C22H23NO6. The first-order valence-corrected chi connectivity index (χ1v) is 9.27. The summed E-state index contributed by atoms with van der Waals surface area (Å²) in [5, 5.41) is 3.48. The summed E-state index contributed by atoms with van der Waals surface area (Å²) in [5.74, 6) is -0.427. The standard InChI is InChI=1S/C22H23NO6/c1-4-27-16-11-9-15(10-12-16)23-21(24)14(2)28-22(25)20-18(13-26-3)17-7-5-6-8-19(17)29-20/h5-12,14H,4,13H2,1-3H3,(H,23,24)/t14-/m1/s1. The monoisotopic (exact) mass is 397 g/mol. The van der Waals surface area contributed by atoms with Crippen LogP contribution >= 0.6 is 0 Å². The van der Waals surface area contributed by atoms with Gasteiger partial charge in [-0.1, -0.05) is 18.2 Å². The summed E-state index contributed by atoms with van der Waals surface area (Å²) < 4.78 is 21.5. The van der Waals surface area contributed by atoms with Crippen molar-refractivity contribution in [2.24, 2.45) is 0 Å². The molecule has 0 bridgehead atoms. The van der Waals surface area contributed by atoms with Crippen molar-refractivity contribution in [1.82, 2.24) is 0 Å². The molecule has 3 aromatic rings. The van der Waals surface area contributed by atoms with Crippen LogP contribution in [0.1, 0.15) is 30.0 Å². The first-order valence-electron chi connectivity index (χ1n) is 9.27. The van der Waals surface area contributed by atoms with Crippen LogP contribution in [0.25, 0.3) is 11.0 Å². The fraction of sp³-hybridized carbons (Fsp3) is 0.273. The molecule has 0 unspecified atom stereocenters. The molecule has 0 spiro atoms. The largest absolute Gasteiger partial charge is 0.494 e. The van der Waals surface area contributed by atoms with Gasteiger partial charge in [-0.25, -0.2) is 4.79 Å². The van der Waals surface area contributed by atoms with Gasteiger partial charge in [0.15, 0.2) is 6.10 Å². The van der Waals surface area contributed by atoms with E-state index in [1.54, 1.807) is 30.3 Å². The number of anilines is 1. The van der Waals surface area contributed by atoms with E-state index in [0.717, 1.165) is 5.39 Å². The predicted octanol–water partition coefficient (Wildman–Crippen LogP) is 4.16. The zero-order valence-corrected chi connectivity index (χ0v) is 16.6. The summed E-state index contributed by atoms with van der Waals surface area (Å²) in [6.45, 7) is 4.14. The molecule has 152 valence electrons. The molecule has 0 aliphatic rings. The van der Waals surface area contributed by atoms with Crippen LogP contribution < -0.4 is 10.1 Å². The number of ether oxygens (including phenoxy) is 3. The van der Waals surface area contributed by atoms with E-state index in [0.29, 0.717) is 29.2 Å². The van der Waals surface area contributed by atoms with E-state index < -0.39 is 18.0 Å². The molecule has 1 aromatic heterocycles. The number of rotatable bonds is 8. The lowest BCUT2D eigenvalue weighted by Crippen LogP contribution is -2.30. The highest BCUT2D eigenvalue weighted by molar-refractivity contribution is 5.99. The van der Waals surface area contributed by atoms with Crippen LogP contribution in [-0.4, -0.2) is 31.7 Å². The van der Waals surface area contributed by atoms with Crippen LogP contribution in [0, 0.1) is 0 Å². The molecule has 1 amide bonds. The highest BCUT2D eigenvalue weighted by Crippen LogP contribution is 2.27. The van der Waals surface area contributed by atoms with Gasteiger partial charge in [0.25, 0.3) is 5.91 Å². The van der Waals surface area contributed by atoms with Crippen molar-refractivity contribution in [2.75, 3.05) is 19.0 Å². The maximum atomic E-state index is 12.6. The molecule has 0 saturated heterocycles. The molecule has 1 heterocycles. The topological polar surface area (TPSA) is 87.0 Å². The summed E-state index contributed by atoms with van der Waals surface area (Å²) in [6, 6.07) is 14.2. The number of furan rings is 1. The van der Waals surface area contributed by atoms with Crippen molar-refractivity contribution in [3.05, 3.63) is 59.9 Å². The Morgan fingerprint density at radius 2 is 1.83 bits per heavy atom. The zero-order chi connectivity index (χ0) is 20.8. The van der Waals surface area contributed by atoms with Crippen LogP contribution in [0.2, 0.25) is 0 Å². The van der Waals surface area contributed by atoms with Crippen molar-refractivity contribution in [2.45, 2.75) is 26.6 Å². The van der Waals surface area contributed by atoms with Crippen molar-refractivity contribution in [3.63, 3.8) is 0 Å². The number of carbonyl (C=O) groups is 2. The SMILES string of the molecule is CCOc1ccc(NC(=O)[C@@H](C)OC(=O)c2oc3ccccc3c2COC)cc1. The van der Waals surface area contributed by atoms with E-state index >= 15 is 0 Å². The third-order valence-electron chi connectivity index (χ3n) is 4.26. The first-order chi connectivity index (χ1) is 14.0. The minimum absolute atomic E-state index is 0.0359. The summed E-state index contributed by atoms with van der Waals surface area (Å²) >= 11 is 0. The van der Waals surface area contributed by atoms with E-state index in [4.69, 9.17) is 18.6 Å². The summed E-state index contributed by atoms with van der Waals surface area (Å²) in [5.41, 5.74) is 1.72. The average molecular weight is 397 g/mol. The number of methoxy groups -OCH3 is 1. The van der Waals surface area contributed by atoms with Gasteiger partial charge in [0, 0.05) is 23.7 Å². The second kappa shape index (κ2) is 9.25. The van der Waals surface area contributed by atoms with E-state index in [2.05, 4.69) is 5.32 Å². The number of hydrogen-bond acceptors (Lipinski definition) is 6. The minimum Gasteiger partial charge on any atom is -0.494 e. The first kappa shape index (κ1) is 20.4. The van der Waals surface area contributed by atoms with E-state index in [1.807, 2.05) is 25.1 Å². The molecule has 3 rings (SSSR count). The van der Waals surface area contributed by atoms with Gasteiger partial charge in [-0.3, -0.25) is 4.79 Å². The van der Waals surface area contributed by atoms with Gasteiger partial charge >= 0.3 is 5.97 Å². The van der Waals surface area contributed by atoms with Gasteiger partial charge in [-0.15, -0.1) is 0 Å². The number of esters is 1. The molecule has 1 N–H and O–H groups in total. The summed E-state index contributed by atoms with van der Waals surface area (Å²) in [6.07, 6.45) is -1.02. The fourth-order valence-corrected chi connectivity index (χ4v) is 2.86. The number of nitrogens with one attached hydrogen (secondary N) is 1. The van der Waals surface area contributed by atoms with Crippen molar-refractivity contribution < 1.29 is 28.2 Å². The highest BCUT2D eigenvalue weighted by Gasteiger charge is 2.25. The molecule has 2 aromatic carbocycles. The lowest BCUT2D eigenvalue weighted by molar-refractivity contribution is -0.123. The van der Waals surface area contributed by atoms with Crippen LogP contribution in [0.4, 0.5) is 5.69 Å². The van der Waals surface area contributed by atoms with Gasteiger partial charge in [0.05, 0.1) is 13.2 Å². The smallest absolute Gasteiger partial charge is 0.375 e. The Bertz CT molecular complexity index is 992. The maximum Gasteiger partial charge on any atom is 0.375 e. The second-order valence-electron chi connectivity index (χ2n) is 6.33. The molecular weight excluding hydrogens is 374 g/mol. The molecule has 0 aliphatic heterocycles. The minimum atomic E-state index is -1.02. The third kappa shape index (κ3) is 4.75.